The summed E-state index contributed by atoms with van der Waals surface area (Å²) in [7, 11) is 0. The molecule has 0 aliphatic carbocycles. The Morgan fingerprint density at radius 2 is 1.84 bits per heavy atom. The van der Waals surface area contributed by atoms with Crippen molar-refractivity contribution in [2.24, 2.45) is 0 Å². The maximum absolute atomic E-state index is 12.9. The standard InChI is InChI=1S/C33H37BrN6O3/c1-33(2)29-22(5-3-6-26(29)38-31(33)43)11-14-25-24(34)19-35-32(39-25)36-23-12-9-20(10-13-23)21-15-17-40(18-16-21)30(42)27-7-4-8-28(41)37-27/h3,5-6,9-10,12-13,19,21,27H,4,7-8,11,14-18H2,1-2H3,(H,37,41)(H,38,43)(H,35,36,39). The fourth-order valence-corrected chi connectivity index (χ4v) is 6.94. The molecule has 43 heavy (non-hydrogen) atoms. The van der Waals surface area contributed by atoms with Gasteiger partial charge in [0.15, 0.2) is 0 Å². The van der Waals surface area contributed by atoms with E-state index in [4.69, 9.17) is 4.98 Å². The molecule has 0 radical (unpaired) electrons. The molecule has 6 rings (SSSR count). The van der Waals surface area contributed by atoms with E-state index < -0.39 is 5.41 Å². The SMILES string of the molecule is CC1(C)C(=O)Nc2cccc(CCc3nc(Nc4ccc(C5CCN(C(=O)C6CCCC(=O)N6)CC5)cc4)ncc3Br)c21. The third-order valence-electron chi connectivity index (χ3n) is 9.01. The molecule has 9 nitrogen and oxygen atoms in total. The fourth-order valence-electron chi connectivity index (χ4n) is 6.55. The van der Waals surface area contributed by atoms with Crippen LogP contribution in [-0.4, -0.2) is 51.7 Å². The zero-order valence-electron chi connectivity index (χ0n) is 24.6. The summed E-state index contributed by atoms with van der Waals surface area (Å²) in [6.07, 6.45) is 7.07. The predicted molar refractivity (Wildman–Crippen MR) is 169 cm³/mol. The normalized spacial score (nSPS) is 19.9. The molecular weight excluding hydrogens is 608 g/mol. The Balaban J connectivity index is 1.05. The monoisotopic (exact) mass is 644 g/mol. The van der Waals surface area contributed by atoms with Crippen LogP contribution < -0.4 is 16.0 Å². The van der Waals surface area contributed by atoms with Crippen molar-refractivity contribution in [3.63, 3.8) is 0 Å². The third kappa shape index (κ3) is 6.16. The summed E-state index contributed by atoms with van der Waals surface area (Å²) in [4.78, 5) is 48.2. The predicted octanol–water partition coefficient (Wildman–Crippen LogP) is 5.37. The van der Waals surface area contributed by atoms with Gasteiger partial charge in [-0.1, -0.05) is 24.3 Å². The second-order valence-corrected chi connectivity index (χ2v) is 13.1. The molecule has 3 amide bonds. The quantitative estimate of drug-likeness (QED) is 0.318. The van der Waals surface area contributed by atoms with Gasteiger partial charge in [-0.25, -0.2) is 9.97 Å². The third-order valence-corrected chi connectivity index (χ3v) is 9.68. The number of nitrogens with one attached hydrogen (secondary N) is 3. The largest absolute Gasteiger partial charge is 0.344 e. The number of aryl methyl sites for hydroxylation is 2. The summed E-state index contributed by atoms with van der Waals surface area (Å²) in [6.45, 7) is 5.36. The molecular formula is C33H37BrN6O3. The van der Waals surface area contributed by atoms with Crippen molar-refractivity contribution in [1.29, 1.82) is 0 Å². The topological polar surface area (TPSA) is 116 Å². The number of carbonyl (C=O) groups excluding carboxylic acids is 3. The number of benzene rings is 2. The summed E-state index contributed by atoms with van der Waals surface area (Å²) >= 11 is 3.61. The molecule has 224 valence electrons. The first kappa shape index (κ1) is 29.3. The van der Waals surface area contributed by atoms with E-state index >= 15 is 0 Å². The van der Waals surface area contributed by atoms with Gasteiger partial charge in [0.05, 0.1) is 15.6 Å². The minimum atomic E-state index is -0.559. The number of fused-ring (bicyclic) bond motifs is 1. The maximum Gasteiger partial charge on any atom is 0.245 e. The van der Waals surface area contributed by atoms with Crippen molar-refractivity contribution in [1.82, 2.24) is 20.2 Å². The van der Waals surface area contributed by atoms with Crippen LogP contribution in [0.5, 0.6) is 0 Å². The van der Waals surface area contributed by atoms with Crippen LogP contribution in [0.3, 0.4) is 0 Å². The molecule has 3 aliphatic heterocycles. The van der Waals surface area contributed by atoms with Gasteiger partial charge in [-0.15, -0.1) is 0 Å². The first-order chi connectivity index (χ1) is 20.7. The lowest BCUT2D eigenvalue weighted by Gasteiger charge is -2.35. The van der Waals surface area contributed by atoms with Crippen LogP contribution in [0, 0.1) is 0 Å². The van der Waals surface area contributed by atoms with Crippen LogP contribution in [-0.2, 0) is 32.6 Å². The van der Waals surface area contributed by atoms with Crippen LogP contribution >= 0.6 is 15.9 Å². The number of nitrogens with zero attached hydrogens (tertiary/aromatic N) is 3. The lowest BCUT2D eigenvalue weighted by atomic mass is 9.82. The van der Waals surface area contributed by atoms with Gasteiger partial charge >= 0.3 is 0 Å². The Morgan fingerprint density at radius 1 is 1.07 bits per heavy atom. The number of piperidine rings is 2. The first-order valence-corrected chi connectivity index (χ1v) is 15.9. The van der Waals surface area contributed by atoms with E-state index in [2.05, 4.69) is 67.2 Å². The van der Waals surface area contributed by atoms with Gasteiger partial charge in [-0.05, 0) is 109 Å². The Labute approximate surface area is 260 Å². The smallest absolute Gasteiger partial charge is 0.245 e. The van der Waals surface area contributed by atoms with Crippen molar-refractivity contribution in [3.05, 3.63) is 75.5 Å². The van der Waals surface area contributed by atoms with Crippen molar-refractivity contribution >= 4 is 51.0 Å². The van der Waals surface area contributed by atoms with Crippen LogP contribution in [0.15, 0.2) is 53.1 Å². The number of halogens is 1. The second-order valence-electron chi connectivity index (χ2n) is 12.3. The summed E-state index contributed by atoms with van der Waals surface area (Å²) < 4.78 is 0.852. The first-order valence-electron chi connectivity index (χ1n) is 15.1. The lowest BCUT2D eigenvalue weighted by molar-refractivity contribution is -0.138. The average molecular weight is 646 g/mol. The molecule has 3 aliphatic rings. The number of aromatic nitrogens is 2. The molecule has 1 unspecified atom stereocenters. The molecule has 2 fully saturated rings. The van der Waals surface area contributed by atoms with E-state index in [0.29, 0.717) is 37.8 Å². The van der Waals surface area contributed by atoms with Gasteiger partial charge in [0.2, 0.25) is 23.7 Å². The molecule has 3 aromatic rings. The summed E-state index contributed by atoms with van der Waals surface area (Å²) in [6, 6.07) is 14.1. The molecule has 1 atom stereocenters. The van der Waals surface area contributed by atoms with Gasteiger partial charge in [-0.2, -0.15) is 0 Å². The summed E-state index contributed by atoms with van der Waals surface area (Å²) in [5, 5.41) is 9.20. The minimum Gasteiger partial charge on any atom is -0.344 e. The molecule has 0 spiro atoms. The van der Waals surface area contributed by atoms with Crippen molar-refractivity contribution < 1.29 is 14.4 Å². The van der Waals surface area contributed by atoms with E-state index in [-0.39, 0.29) is 23.8 Å². The zero-order valence-corrected chi connectivity index (χ0v) is 26.2. The zero-order chi connectivity index (χ0) is 30.1. The maximum atomic E-state index is 12.9. The van der Waals surface area contributed by atoms with E-state index in [1.54, 1.807) is 6.20 Å². The van der Waals surface area contributed by atoms with Crippen LogP contribution in [0.4, 0.5) is 17.3 Å². The van der Waals surface area contributed by atoms with Crippen molar-refractivity contribution in [2.75, 3.05) is 23.7 Å². The van der Waals surface area contributed by atoms with Gasteiger partial charge in [0.25, 0.3) is 0 Å². The second kappa shape index (κ2) is 12.1. The van der Waals surface area contributed by atoms with Gasteiger partial charge in [0.1, 0.15) is 6.04 Å². The van der Waals surface area contributed by atoms with Gasteiger partial charge in [-0.3, -0.25) is 14.4 Å². The van der Waals surface area contributed by atoms with Gasteiger partial charge < -0.3 is 20.9 Å². The van der Waals surface area contributed by atoms with Crippen molar-refractivity contribution in [2.45, 2.75) is 76.2 Å². The molecule has 0 bridgehead atoms. The molecule has 0 saturated carbocycles. The minimum absolute atomic E-state index is 0.0198. The number of anilines is 3. The highest BCUT2D eigenvalue weighted by Gasteiger charge is 2.40. The summed E-state index contributed by atoms with van der Waals surface area (Å²) in [5.74, 6) is 0.992. The lowest BCUT2D eigenvalue weighted by Crippen LogP contribution is -2.52. The highest BCUT2D eigenvalue weighted by molar-refractivity contribution is 9.10. The fraction of sp³-hybridized carbons (Fsp3) is 0.424. The van der Waals surface area contributed by atoms with E-state index in [1.807, 2.05) is 30.9 Å². The number of carbonyl (C=O) groups is 3. The molecule has 2 aromatic carbocycles. The van der Waals surface area contributed by atoms with E-state index in [1.165, 1.54) is 5.56 Å². The molecule has 2 saturated heterocycles. The van der Waals surface area contributed by atoms with E-state index in [9.17, 15) is 14.4 Å². The van der Waals surface area contributed by atoms with Crippen molar-refractivity contribution in [3.8, 4) is 0 Å². The molecule has 10 heteroatoms. The van der Waals surface area contributed by atoms with Crippen LogP contribution in [0.25, 0.3) is 0 Å². The Hall–Kier alpha value is -3.79. The van der Waals surface area contributed by atoms with Crippen LogP contribution in [0.1, 0.15) is 74.3 Å². The number of hydrogen-bond acceptors (Lipinski definition) is 6. The van der Waals surface area contributed by atoms with Crippen LogP contribution in [0.2, 0.25) is 0 Å². The average Bonchev–Trinajstić information content (AvgIpc) is 3.25. The highest BCUT2D eigenvalue weighted by atomic mass is 79.9. The number of amides is 3. The molecule has 3 N–H and O–H groups in total. The number of likely N-dealkylation sites (tertiary alicyclic amines) is 1. The Morgan fingerprint density at radius 3 is 2.58 bits per heavy atom. The summed E-state index contributed by atoms with van der Waals surface area (Å²) in [5.41, 5.74) is 5.61. The van der Waals surface area contributed by atoms with E-state index in [0.717, 1.165) is 64.8 Å². The molecule has 4 heterocycles. The Kier molecular flexibility index (Phi) is 8.22. The Bertz CT molecular complexity index is 1550. The highest BCUT2D eigenvalue weighted by Crippen LogP contribution is 2.40. The van der Waals surface area contributed by atoms with Gasteiger partial charge in [0, 0.05) is 37.1 Å². The number of hydrogen-bond donors (Lipinski definition) is 3. The molecule has 1 aromatic heterocycles. The number of rotatable bonds is 7.